The number of aryl methyl sites for hydroxylation is 1. The van der Waals surface area contributed by atoms with E-state index in [-0.39, 0.29) is 12.5 Å². The third-order valence-corrected chi connectivity index (χ3v) is 4.18. The van der Waals surface area contributed by atoms with Gasteiger partial charge in [-0.2, -0.15) is 13.2 Å². The van der Waals surface area contributed by atoms with E-state index in [1.165, 1.54) is 12.1 Å². The van der Waals surface area contributed by atoms with E-state index in [4.69, 9.17) is 11.6 Å². The maximum Gasteiger partial charge on any atom is 0.416 e. The molecule has 0 aliphatic rings. The van der Waals surface area contributed by atoms with Crippen molar-refractivity contribution in [1.29, 1.82) is 0 Å². The third kappa shape index (κ3) is 3.67. The van der Waals surface area contributed by atoms with Gasteiger partial charge < -0.3 is 5.32 Å². The largest absolute Gasteiger partial charge is 0.416 e. The van der Waals surface area contributed by atoms with Crippen LogP contribution in [0.2, 0.25) is 5.02 Å². The molecule has 0 saturated heterocycles. The molecule has 136 valence electrons. The van der Waals surface area contributed by atoms with Gasteiger partial charge in [-0.3, -0.25) is 9.20 Å². The van der Waals surface area contributed by atoms with Crippen molar-refractivity contribution < 1.29 is 18.0 Å². The molecule has 0 radical (unpaired) electrons. The number of hydrogen-bond donors (Lipinski definition) is 1. The monoisotopic (exact) mass is 381 g/mol. The van der Waals surface area contributed by atoms with Crippen LogP contribution in [0.4, 0.5) is 13.2 Å². The van der Waals surface area contributed by atoms with Gasteiger partial charge >= 0.3 is 6.18 Å². The molecule has 0 bridgehead atoms. The molecular formula is C18H15ClF3N3O. The van der Waals surface area contributed by atoms with E-state index in [2.05, 4.69) is 10.3 Å². The average molecular weight is 382 g/mol. The summed E-state index contributed by atoms with van der Waals surface area (Å²) >= 11 is 5.96. The maximum atomic E-state index is 12.6. The maximum absolute atomic E-state index is 12.6. The Balaban J connectivity index is 1.79. The Labute approximate surface area is 152 Å². The van der Waals surface area contributed by atoms with Crippen LogP contribution in [0.5, 0.6) is 0 Å². The molecule has 4 nitrogen and oxygen atoms in total. The first kappa shape index (κ1) is 18.3. The molecule has 1 amide bonds. The Kier molecular flexibility index (Phi) is 4.91. The number of nitrogens with one attached hydrogen (secondary N) is 1. The smallest absolute Gasteiger partial charge is 0.347 e. The van der Waals surface area contributed by atoms with E-state index < -0.39 is 11.7 Å². The quantitative estimate of drug-likeness (QED) is 0.723. The van der Waals surface area contributed by atoms with Crippen LogP contribution in [-0.4, -0.2) is 15.3 Å². The molecule has 1 N–H and O–H groups in total. The second-order valence-electron chi connectivity index (χ2n) is 5.71. The number of halogens is 4. The average Bonchev–Trinajstić information content (AvgIpc) is 2.97. The fourth-order valence-corrected chi connectivity index (χ4v) is 2.79. The molecule has 0 spiro atoms. The van der Waals surface area contributed by atoms with Gasteiger partial charge in [0.15, 0.2) is 0 Å². The second-order valence-corrected chi connectivity index (χ2v) is 6.15. The van der Waals surface area contributed by atoms with Crippen molar-refractivity contribution in [3.8, 4) is 0 Å². The lowest BCUT2D eigenvalue weighted by molar-refractivity contribution is -0.137. The van der Waals surface area contributed by atoms with E-state index in [1.807, 2.05) is 6.92 Å². The zero-order valence-electron chi connectivity index (χ0n) is 13.8. The summed E-state index contributed by atoms with van der Waals surface area (Å²) in [5, 5.41) is 3.24. The number of carbonyl (C=O) groups excluding carboxylic acids is 1. The number of nitrogens with zero attached hydrogens (tertiary/aromatic N) is 2. The van der Waals surface area contributed by atoms with Gasteiger partial charge in [0.1, 0.15) is 11.3 Å². The highest BCUT2D eigenvalue weighted by Gasteiger charge is 2.29. The van der Waals surface area contributed by atoms with Crippen LogP contribution in [0.25, 0.3) is 5.65 Å². The summed E-state index contributed by atoms with van der Waals surface area (Å²) < 4.78 is 39.4. The molecule has 8 heteroatoms. The summed E-state index contributed by atoms with van der Waals surface area (Å²) in [5.74, 6) is -0.350. The van der Waals surface area contributed by atoms with Gasteiger partial charge in [-0.25, -0.2) is 4.98 Å². The van der Waals surface area contributed by atoms with Crippen molar-refractivity contribution >= 4 is 23.2 Å². The number of hydrogen-bond acceptors (Lipinski definition) is 2. The number of imidazole rings is 1. The van der Waals surface area contributed by atoms with Crippen LogP contribution in [0, 0.1) is 0 Å². The molecule has 0 unspecified atom stereocenters. The molecule has 3 rings (SSSR count). The number of carbonyl (C=O) groups is 1. The lowest BCUT2D eigenvalue weighted by atomic mass is 10.1. The molecule has 0 fully saturated rings. The van der Waals surface area contributed by atoms with Crippen molar-refractivity contribution in [2.75, 3.05) is 0 Å². The van der Waals surface area contributed by atoms with Crippen LogP contribution in [-0.2, 0) is 19.1 Å². The van der Waals surface area contributed by atoms with Gasteiger partial charge in [-0.15, -0.1) is 0 Å². The van der Waals surface area contributed by atoms with Gasteiger partial charge in [-0.1, -0.05) is 30.7 Å². The molecule has 3 aromatic rings. The summed E-state index contributed by atoms with van der Waals surface area (Å²) in [6, 6.07) is 8.00. The summed E-state index contributed by atoms with van der Waals surface area (Å²) in [4.78, 5) is 17.0. The highest BCUT2D eigenvalue weighted by atomic mass is 35.5. The third-order valence-electron chi connectivity index (χ3n) is 3.94. The predicted molar refractivity (Wildman–Crippen MR) is 92.2 cm³/mol. The van der Waals surface area contributed by atoms with Gasteiger partial charge in [0.25, 0.3) is 5.91 Å². The number of aromatic nitrogens is 2. The fourth-order valence-electron chi connectivity index (χ4n) is 2.63. The summed E-state index contributed by atoms with van der Waals surface area (Å²) in [6.45, 7) is 2.00. The molecule has 0 saturated carbocycles. The Bertz CT molecular complexity index is 949. The van der Waals surface area contributed by atoms with Gasteiger partial charge in [0.05, 0.1) is 11.3 Å². The topological polar surface area (TPSA) is 46.4 Å². The first-order chi connectivity index (χ1) is 12.3. The van der Waals surface area contributed by atoms with E-state index in [0.29, 0.717) is 34.0 Å². The Morgan fingerprint density at radius 1 is 1.23 bits per heavy atom. The molecule has 2 heterocycles. The van der Waals surface area contributed by atoms with E-state index in [1.54, 1.807) is 22.7 Å². The van der Waals surface area contributed by atoms with Crippen molar-refractivity contribution in [3.05, 3.63) is 70.1 Å². The molecule has 0 aliphatic heterocycles. The Morgan fingerprint density at radius 3 is 2.54 bits per heavy atom. The predicted octanol–water partition coefficient (Wildman–Crippen LogP) is 4.50. The number of pyridine rings is 1. The summed E-state index contributed by atoms with van der Waals surface area (Å²) in [6.07, 6.45) is -2.16. The van der Waals surface area contributed by atoms with Crippen LogP contribution >= 0.6 is 11.6 Å². The zero-order valence-corrected chi connectivity index (χ0v) is 14.5. The standard InChI is InChI=1S/C18H15ClF3N3O/c1-2-14-16(25-8-7-13(19)9-15(25)24-14)17(26)23-10-11-3-5-12(6-4-11)18(20,21)22/h3-9H,2,10H2,1H3,(H,23,26). The molecule has 26 heavy (non-hydrogen) atoms. The normalized spacial score (nSPS) is 11.7. The van der Waals surface area contributed by atoms with E-state index >= 15 is 0 Å². The molecule has 1 aromatic carbocycles. The first-order valence-electron chi connectivity index (χ1n) is 7.90. The van der Waals surface area contributed by atoms with Crippen molar-refractivity contribution in [1.82, 2.24) is 14.7 Å². The first-order valence-corrected chi connectivity index (χ1v) is 8.28. The fraction of sp³-hybridized carbons (Fsp3) is 0.222. The Hall–Kier alpha value is -2.54. The van der Waals surface area contributed by atoms with Gasteiger partial charge in [-0.05, 0) is 30.2 Å². The second kappa shape index (κ2) is 6.99. The zero-order chi connectivity index (χ0) is 18.9. The van der Waals surface area contributed by atoms with Crippen LogP contribution < -0.4 is 5.32 Å². The number of alkyl halides is 3. The Morgan fingerprint density at radius 2 is 1.92 bits per heavy atom. The lowest BCUT2D eigenvalue weighted by Crippen LogP contribution is -2.25. The van der Waals surface area contributed by atoms with E-state index in [9.17, 15) is 18.0 Å². The molecule has 0 aliphatic carbocycles. The minimum absolute atomic E-state index is 0.112. The van der Waals surface area contributed by atoms with Crippen LogP contribution in [0.3, 0.4) is 0 Å². The highest BCUT2D eigenvalue weighted by molar-refractivity contribution is 6.30. The number of amides is 1. The lowest BCUT2D eigenvalue weighted by Gasteiger charge is -2.09. The minimum Gasteiger partial charge on any atom is -0.347 e. The van der Waals surface area contributed by atoms with Crippen molar-refractivity contribution in [2.24, 2.45) is 0 Å². The van der Waals surface area contributed by atoms with E-state index in [0.717, 1.165) is 12.1 Å². The number of benzene rings is 1. The minimum atomic E-state index is -4.38. The van der Waals surface area contributed by atoms with Crippen LogP contribution in [0.15, 0.2) is 42.6 Å². The van der Waals surface area contributed by atoms with Gasteiger partial charge in [0, 0.05) is 23.8 Å². The van der Waals surface area contributed by atoms with Gasteiger partial charge in [0.2, 0.25) is 0 Å². The molecular weight excluding hydrogens is 367 g/mol. The van der Waals surface area contributed by atoms with Crippen LogP contribution in [0.1, 0.15) is 34.2 Å². The number of rotatable bonds is 4. The van der Waals surface area contributed by atoms with Crippen molar-refractivity contribution in [3.63, 3.8) is 0 Å². The summed E-state index contributed by atoms with van der Waals surface area (Å²) in [7, 11) is 0. The molecule has 0 atom stereocenters. The van der Waals surface area contributed by atoms with Crippen molar-refractivity contribution in [2.45, 2.75) is 26.1 Å². The highest BCUT2D eigenvalue weighted by Crippen LogP contribution is 2.29. The number of fused-ring (bicyclic) bond motifs is 1. The summed E-state index contributed by atoms with van der Waals surface area (Å²) in [5.41, 5.74) is 1.43. The SMILES string of the molecule is CCc1nc2cc(Cl)ccn2c1C(=O)NCc1ccc(C(F)(F)F)cc1. The molecule has 2 aromatic heterocycles.